The topological polar surface area (TPSA) is 75.7 Å². The van der Waals surface area contributed by atoms with Crippen molar-refractivity contribution in [3.63, 3.8) is 0 Å². The molecule has 0 aliphatic carbocycles. The molecule has 1 fully saturated rings. The van der Waals surface area contributed by atoms with Crippen LogP contribution in [-0.2, 0) is 17.9 Å². The monoisotopic (exact) mass is 474 g/mol. The van der Waals surface area contributed by atoms with Crippen molar-refractivity contribution >= 4 is 17.4 Å². The average Bonchev–Trinajstić information content (AvgIpc) is 2.86. The summed E-state index contributed by atoms with van der Waals surface area (Å²) in [5, 5.41) is 6.26. The van der Waals surface area contributed by atoms with Crippen LogP contribution in [0.1, 0.15) is 37.8 Å². The number of hydrogen-bond donors (Lipinski definition) is 2. The van der Waals surface area contributed by atoms with Crippen LogP contribution in [0.2, 0.25) is 0 Å². The van der Waals surface area contributed by atoms with E-state index in [0.717, 1.165) is 55.2 Å². The lowest BCUT2D eigenvalue weighted by Gasteiger charge is -2.33. The third-order valence-corrected chi connectivity index (χ3v) is 5.98. The fourth-order valence-electron chi connectivity index (χ4n) is 4.24. The molecule has 2 heterocycles. The average molecular weight is 475 g/mol. The minimum absolute atomic E-state index is 0.117. The maximum absolute atomic E-state index is 11.1. The van der Waals surface area contributed by atoms with E-state index in [4.69, 9.17) is 9.47 Å². The van der Waals surface area contributed by atoms with Crippen LogP contribution in [0.5, 0.6) is 11.5 Å². The number of likely N-dealkylation sites (tertiary alicyclic amines) is 1. The molecule has 3 aromatic rings. The Kier molecular flexibility index (Phi) is 8.57. The lowest BCUT2D eigenvalue weighted by Crippen LogP contribution is -2.38. The summed E-state index contributed by atoms with van der Waals surface area (Å²) in [6.45, 7) is 7.52. The number of rotatable bonds is 10. The number of carbonyl (C=O) groups is 1. The Balaban J connectivity index is 1.28. The standard InChI is InChI=1S/C28H34N4O3/c1-3-34-27-17-23(9-11-26(27)35-20-22-7-5-4-6-8-22)19-32-15-13-24(14-16-32)31-25-10-12-28(29-18-25)30-21(2)33/h4-12,17-18,24,31H,3,13-16,19-20H2,1-2H3,(H,29,30,33). The number of pyridine rings is 1. The van der Waals surface area contributed by atoms with Gasteiger partial charge in [0, 0.05) is 32.6 Å². The molecule has 184 valence electrons. The molecule has 7 nitrogen and oxygen atoms in total. The molecule has 1 aliphatic rings. The van der Waals surface area contributed by atoms with Crippen LogP contribution in [0.15, 0.2) is 66.9 Å². The largest absolute Gasteiger partial charge is 0.490 e. The molecule has 0 spiro atoms. The lowest BCUT2D eigenvalue weighted by atomic mass is 10.0. The van der Waals surface area contributed by atoms with Gasteiger partial charge in [0.25, 0.3) is 0 Å². The molecule has 1 aromatic heterocycles. The van der Waals surface area contributed by atoms with E-state index in [2.05, 4.69) is 44.8 Å². The highest BCUT2D eigenvalue weighted by Crippen LogP contribution is 2.30. The number of aromatic nitrogens is 1. The lowest BCUT2D eigenvalue weighted by molar-refractivity contribution is -0.114. The molecule has 1 amide bonds. The number of nitrogens with one attached hydrogen (secondary N) is 2. The Morgan fingerprint density at radius 3 is 2.49 bits per heavy atom. The van der Waals surface area contributed by atoms with Gasteiger partial charge in [-0.15, -0.1) is 0 Å². The summed E-state index contributed by atoms with van der Waals surface area (Å²) in [6.07, 6.45) is 3.89. The van der Waals surface area contributed by atoms with Gasteiger partial charge >= 0.3 is 0 Å². The SMILES string of the molecule is CCOc1cc(CN2CCC(Nc3ccc(NC(C)=O)nc3)CC2)ccc1OCc1ccccc1. The van der Waals surface area contributed by atoms with E-state index in [1.807, 2.05) is 43.3 Å². The minimum Gasteiger partial charge on any atom is -0.490 e. The summed E-state index contributed by atoms with van der Waals surface area (Å²) in [5.41, 5.74) is 3.34. The first kappa shape index (κ1) is 24.5. The number of benzene rings is 2. The predicted octanol–water partition coefficient (Wildman–Crippen LogP) is 5.09. The van der Waals surface area contributed by atoms with E-state index in [-0.39, 0.29) is 5.91 Å². The zero-order chi connectivity index (χ0) is 24.5. The van der Waals surface area contributed by atoms with Gasteiger partial charge in [0.1, 0.15) is 12.4 Å². The Bertz CT molecular complexity index is 1080. The summed E-state index contributed by atoms with van der Waals surface area (Å²) in [4.78, 5) is 17.9. The van der Waals surface area contributed by atoms with Crippen LogP contribution in [-0.4, -0.2) is 41.5 Å². The molecule has 2 N–H and O–H groups in total. The fourth-order valence-corrected chi connectivity index (χ4v) is 4.24. The van der Waals surface area contributed by atoms with E-state index in [1.165, 1.54) is 12.5 Å². The highest BCUT2D eigenvalue weighted by molar-refractivity contribution is 5.87. The first-order valence-corrected chi connectivity index (χ1v) is 12.2. The first-order valence-electron chi connectivity index (χ1n) is 12.2. The molecule has 0 saturated carbocycles. The van der Waals surface area contributed by atoms with Gasteiger partial charge in [-0.05, 0) is 55.2 Å². The van der Waals surface area contributed by atoms with Gasteiger partial charge in [-0.2, -0.15) is 0 Å². The van der Waals surface area contributed by atoms with Crippen LogP contribution in [0, 0.1) is 0 Å². The number of piperidine rings is 1. The summed E-state index contributed by atoms with van der Waals surface area (Å²) >= 11 is 0. The highest BCUT2D eigenvalue weighted by atomic mass is 16.5. The van der Waals surface area contributed by atoms with Crippen LogP contribution < -0.4 is 20.1 Å². The zero-order valence-corrected chi connectivity index (χ0v) is 20.5. The fraction of sp³-hybridized carbons (Fsp3) is 0.357. The van der Waals surface area contributed by atoms with Gasteiger partial charge in [0.15, 0.2) is 11.5 Å². The number of ether oxygens (including phenoxy) is 2. The van der Waals surface area contributed by atoms with E-state index >= 15 is 0 Å². The Morgan fingerprint density at radius 1 is 1.00 bits per heavy atom. The summed E-state index contributed by atoms with van der Waals surface area (Å²) < 4.78 is 11.9. The normalized spacial score (nSPS) is 14.3. The molecule has 1 aliphatic heterocycles. The van der Waals surface area contributed by atoms with Crippen LogP contribution >= 0.6 is 0 Å². The van der Waals surface area contributed by atoms with Crippen LogP contribution in [0.4, 0.5) is 11.5 Å². The van der Waals surface area contributed by atoms with Gasteiger partial charge in [-0.3, -0.25) is 9.69 Å². The maximum atomic E-state index is 11.1. The third-order valence-electron chi connectivity index (χ3n) is 5.98. The van der Waals surface area contributed by atoms with E-state index < -0.39 is 0 Å². The molecule has 0 radical (unpaired) electrons. The molecule has 2 aromatic carbocycles. The van der Waals surface area contributed by atoms with Crippen molar-refractivity contribution in [3.05, 3.63) is 78.0 Å². The zero-order valence-electron chi connectivity index (χ0n) is 20.5. The second kappa shape index (κ2) is 12.2. The second-order valence-electron chi connectivity index (χ2n) is 8.80. The quantitative estimate of drug-likeness (QED) is 0.426. The summed E-state index contributed by atoms with van der Waals surface area (Å²) in [7, 11) is 0. The molecular formula is C28H34N4O3. The van der Waals surface area contributed by atoms with Crippen molar-refractivity contribution < 1.29 is 14.3 Å². The first-order chi connectivity index (χ1) is 17.1. The molecule has 35 heavy (non-hydrogen) atoms. The van der Waals surface area contributed by atoms with E-state index in [0.29, 0.717) is 25.1 Å². The second-order valence-corrected chi connectivity index (χ2v) is 8.80. The minimum atomic E-state index is -0.117. The highest BCUT2D eigenvalue weighted by Gasteiger charge is 2.20. The molecule has 0 unspecified atom stereocenters. The predicted molar refractivity (Wildman–Crippen MR) is 139 cm³/mol. The molecule has 7 heteroatoms. The van der Waals surface area contributed by atoms with Gasteiger partial charge in [0.05, 0.1) is 18.5 Å². The van der Waals surface area contributed by atoms with E-state index in [9.17, 15) is 4.79 Å². The number of amides is 1. The molecule has 4 rings (SSSR count). The smallest absolute Gasteiger partial charge is 0.222 e. The van der Waals surface area contributed by atoms with Gasteiger partial charge in [-0.25, -0.2) is 4.98 Å². The van der Waals surface area contributed by atoms with Crippen molar-refractivity contribution in [1.29, 1.82) is 0 Å². The maximum Gasteiger partial charge on any atom is 0.222 e. The Morgan fingerprint density at radius 2 is 1.80 bits per heavy atom. The Labute approximate surface area is 207 Å². The van der Waals surface area contributed by atoms with Crippen LogP contribution in [0.3, 0.4) is 0 Å². The number of carbonyl (C=O) groups excluding carboxylic acids is 1. The number of anilines is 2. The van der Waals surface area contributed by atoms with Crippen molar-refractivity contribution in [2.45, 2.75) is 45.9 Å². The Hall–Kier alpha value is -3.58. The van der Waals surface area contributed by atoms with E-state index in [1.54, 1.807) is 6.20 Å². The van der Waals surface area contributed by atoms with Gasteiger partial charge in [-0.1, -0.05) is 36.4 Å². The van der Waals surface area contributed by atoms with Gasteiger partial charge in [0.2, 0.25) is 5.91 Å². The summed E-state index contributed by atoms with van der Waals surface area (Å²) in [5.74, 6) is 2.03. The third kappa shape index (κ3) is 7.45. The van der Waals surface area contributed by atoms with Crippen LogP contribution in [0.25, 0.3) is 0 Å². The van der Waals surface area contributed by atoms with Crippen molar-refractivity contribution in [2.24, 2.45) is 0 Å². The molecule has 0 atom stereocenters. The molecular weight excluding hydrogens is 440 g/mol. The molecule has 0 bridgehead atoms. The van der Waals surface area contributed by atoms with Crippen molar-refractivity contribution in [3.8, 4) is 11.5 Å². The van der Waals surface area contributed by atoms with Crippen molar-refractivity contribution in [1.82, 2.24) is 9.88 Å². The van der Waals surface area contributed by atoms with Gasteiger partial charge < -0.3 is 20.1 Å². The van der Waals surface area contributed by atoms with Crippen molar-refractivity contribution in [2.75, 3.05) is 30.3 Å². The molecule has 1 saturated heterocycles. The summed E-state index contributed by atoms with van der Waals surface area (Å²) in [6, 6.07) is 20.6. The number of nitrogens with zero attached hydrogens (tertiary/aromatic N) is 2. The number of hydrogen-bond acceptors (Lipinski definition) is 6.